The van der Waals surface area contributed by atoms with Crippen molar-refractivity contribution < 1.29 is 36.3 Å². The Labute approximate surface area is 178 Å². The first kappa shape index (κ1) is 24.2. The van der Waals surface area contributed by atoms with Gasteiger partial charge in [0.15, 0.2) is 0 Å². The highest BCUT2D eigenvalue weighted by Gasteiger charge is 2.21. The van der Waals surface area contributed by atoms with Crippen molar-refractivity contribution in [3.05, 3.63) is 53.6 Å². The van der Waals surface area contributed by atoms with Crippen molar-refractivity contribution in [1.29, 1.82) is 0 Å². The van der Waals surface area contributed by atoms with E-state index in [2.05, 4.69) is 10.1 Å². The van der Waals surface area contributed by atoms with Crippen molar-refractivity contribution in [1.82, 2.24) is 4.31 Å². The number of hydrogen-bond acceptors (Lipinski definition) is 6. The maximum absolute atomic E-state index is 13.9. The number of hydrogen-bond donors (Lipinski definition) is 1. The summed E-state index contributed by atoms with van der Waals surface area (Å²) in [6.45, 7) is 0.0289. The smallest absolute Gasteiger partial charge is 0.340 e. The quantitative estimate of drug-likeness (QED) is 0.583. The highest BCUT2D eigenvalue weighted by atomic mass is 32.2. The van der Waals surface area contributed by atoms with E-state index in [0.29, 0.717) is 11.8 Å². The van der Waals surface area contributed by atoms with E-state index in [4.69, 9.17) is 4.74 Å². The summed E-state index contributed by atoms with van der Waals surface area (Å²) in [5, 5.41) is 2.24. The van der Waals surface area contributed by atoms with Gasteiger partial charge in [0.1, 0.15) is 17.4 Å². The molecule has 11 heteroatoms. The van der Waals surface area contributed by atoms with Crippen LogP contribution < -0.4 is 10.1 Å². The summed E-state index contributed by atoms with van der Waals surface area (Å²) in [4.78, 5) is 23.7. The predicted molar refractivity (Wildman–Crippen MR) is 108 cm³/mol. The van der Waals surface area contributed by atoms with Crippen LogP contribution in [0, 0.1) is 11.6 Å². The molecule has 0 atom stereocenters. The van der Waals surface area contributed by atoms with E-state index in [9.17, 15) is 26.8 Å². The summed E-state index contributed by atoms with van der Waals surface area (Å²) in [6, 6.07) is 7.18. The molecular formula is C20H22F2N2O6S. The van der Waals surface area contributed by atoms with Crippen LogP contribution in [0.15, 0.2) is 41.3 Å². The summed E-state index contributed by atoms with van der Waals surface area (Å²) >= 11 is 0. The number of ether oxygens (including phenoxy) is 2. The monoisotopic (exact) mass is 456 g/mol. The molecule has 0 aromatic heterocycles. The van der Waals surface area contributed by atoms with Gasteiger partial charge in [0.25, 0.3) is 0 Å². The van der Waals surface area contributed by atoms with Gasteiger partial charge < -0.3 is 14.8 Å². The molecule has 0 radical (unpaired) electrons. The van der Waals surface area contributed by atoms with Gasteiger partial charge >= 0.3 is 5.97 Å². The number of methoxy groups -OCH3 is 2. The van der Waals surface area contributed by atoms with Crippen LogP contribution in [0.25, 0.3) is 0 Å². The fourth-order valence-corrected chi connectivity index (χ4v) is 3.84. The number of benzene rings is 2. The number of carbonyl (C=O) groups excluding carboxylic acids is 2. The maximum Gasteiger partial charge on any atom is 0.340 e. The molecule has 168 valence electrons. The Hall–Kier alpha value is -3.05. The van der Waals surface area contributed by atoms with Crippen molar-refractivity contribution in [3.63, 3.8) is 0 Å². The first-order chi connectivity index (χ1) is 14.6. The molecule has 0 heterocycles. The van der Waals surface area contributed by atoms with E-state index in [1.165, 1.54) is 38.4 Å². The topological polar surface area (TPSA) is 102 Å². The van der Waals surface area contributed by atoms with Gasteiger partial charge in [-0.15, -0.1) is 0 Å². The molecule has 2 aromatic carbocycles. The standard InChI is InChI=1S/C20H22F2N2O6S/c1-24(31(27,28)14-8-6-13(29-2)7-9-14)10-4-5-19(25)23-18-11-15(20(26)30-3)16(21)12-17(18)22/h6-9,11-12H,4-5,10H2,1-3H3,(H,23,25). The minimum atomic E-state index is -3.76. The highest BCUT2D eigenvalue weighted by Crippen LogP contribution is 2.21. The Morgan fingerprint density at radius 1 is 1.06 bits per heavy atom. The third-order valence-corrected chi connectivity index (χ3v) is 6.25. The lowest BCUT2D eigenvalue weighted by Crippen LogP contribution is -2.28. The fourth-order valence-electron chi connectivity index (χ4n) is 2.63. The molecule has 0 aliphatic carbocycles. The Balaban J connectivity index is 1.96. The lowest BCUT2D eigenvalue weighted by atomic mass is 10.1. The number of carbonyl (C=O) groups is 2. The second-order valence-electron chi connectivity index (χ2n) is 6.46. The lowest BCUT2D eigenvalue weighted by Gasteiger charge is -2.17. The van der Waals surface area contributed by atoms with Crippen LogP contribution in [0.1, 0.15) is 23.2 Å². The molecule has 0 saturated carbocycles. The highest BCUT2D eigenvalue weighted by molar-refractivity contribution is 7.89. The maximum atomic E-state index is 13.9. The fraction of sp³-hybridized carbons (Fsp3) is 0.300. The minimum Gasteiger partial charge on any atom is -0.497 e. The van der Waals surface area contributed by atoms with Gasteiger partial charge in [0, 0.05) is 26.1 Å². The SMILES string of the molecule is COC(=O)c1cc(NC(=O)CCCN(C)S(=O)(=O)c2ccc(OC)cc2)c(F)cc1F. The van der Waals surface area contributed by atoms with Gasteiger partial charge in [-0.1, -0.05) is 0 Å². The van der Waals surface area contributed by atoms with E-state index in [-0.39, 0.29) is 30.0 Å². The average molecular weight is 456 g/mol. The van der Waals surface area contributed by atoms with E-state index in [1.807, 2.05) is 0 Å². The van der Waals surface area contributed by atoms with Gasteiger partial charge in [-0.05, 0) is 36.8 Å². The van der Waals surface area contributed by atoms with Gasteiger partial charge in [0.2, 0.25) is 15.9 Å². The molecule has 0 aliphatic rings. The molecule has 0 bridgehead atoms. The first-order valence-corrected chi connectivity index (χ1v) is 10.5. The third-order valence-electron chi connectivity index (χ3n) is 4.38. The molecule has 0 spiro atoms. The molecule has 31 heavy (non-hydrogen) atoms. The Morgan fingerprint density at radius 3 is 2.29 bits per heavy atom. The summed E-state index contributed by atoms with van der Waals surface area (Å²) in [6.07, 6.45) is 0.0111. The molecule has 1 amide bonds. The predicted octanol–water partition coefficient (Wildman–Crippen LogP) is 2.80. The molecule has 0 aliphatic heterocycles. The van der Waals surface area contributed by atoms with Crippen molar-refractivity contribution >= 4 is 27.6 Å². The normalized spacial score (nSPS) is 11.3. The van der Waals surface area contributed by atoms with Crippen molar-refractivity contribution in [2.45, 2.75) is 17.7 Å². The molecule has 2 aromatic rings. The Kier molecular flexibility index (Phi) is 8.06. The number of amides is 1. The largest absolute Gasteiger partial charge is 0.497 e. The molecule has 0 unspecified atom stereocenters. The molecule has 0 fully saturated rings. The van der Waals surface area contributed by atoms with Crippen LogP contribution >= 0.6 is 0 Å². The van der Waals surface area contributed by atoms with Gasteiger partial charge in [0.05, 0.1) is 30.4 Å². The van der Waals surface area contributed by atoms with E-state index in [0.717, 1.165) is 17.5 Å². The Bertz CT molecular complexity index is 1060. The molecule has 0 saturated heterocycles. The number of anilines is 1. The molecule has 8 nitrogen and oxygen atoms in total. The van der Waals surface area contributed by atoms with Crippen LogP contribution in [0.2, 0.25) is 0 Å². The third kappa shape index (κ3) is 5.98. The van der Waals surface area contributed by atoms with Gasteiger partial charge in [-0.3, -0.25) is 4.79 Å². The zero-order valence-electron chi connectivity index (χ0n) is 17.1. The minimum absolute atomic E-state index is 0.0289. The van der Waals surface area contributed by atoms with Crippen LogP contribution in [0.4, 0.5) is 14.5 Å². The second kappa shape index (κ2) is 10.3. The van der Waals surface area contributed by atoms with Crippen LogP contribution in [-0.4, -0.2) is 52.4 Å². The number of esters is 1. The summed E-state index contributed by atoms with van der Waals surface area (Å²) < 4.78 is 63.2. The molecular weight excluding hydrogens is 434 g/mol. The first-order valence-electron chi connectivity index (χ1n) is 9.07. The lowest BCUT2D eigenvalue weighted by molar-refractivity contribution is -0.116. The van der Waals surface area contributed by atoms with E-state index in [1.54, 1.807) is 0 Å². The van der Waals surface area contributed by atoms with Crippen LogP contribution in [-0.2, 0) is 19.6 Å². The van der Waals surface area contributed by atoms with Gasteiger partial charge in [-0.25, -0.2) is 26.3 Å². The molecule has 1 N–H and O–H groups in total. The Morgan fingerprint density at radius 2 is 1.71 bits per heavy atom. The summed E-state index contributed by atoms with van der Waals surface area (Å²) in [7, 11) is 0.126. The summed E-state index contributed by atoms with van der Waals surface area (Å²) in [5.41, 5.74) is -0.907. The summed E-state index contributed by atoms with van der Waals surface area (Å²) in [5.74, 6) is -3.30. The van der Waals surface area contributed by atoms with Crippen LogP contribution in [0.5, 0.6) is 5.75 Å². The van der Waals surface area contributed by atoms with Crippen molar-refractivity contribution in [2.75, 3.05) is 33.1 Å². The number of rotatable bonds is 9. The zero-order valence-corrected chi connectivity index (χ0v) is 18.0. The second-order valence-corrected chi connectivity index (χ2v) is 8.50. The van der Waals surface area contributed by atoms with Crippen molar-refractivity contribution in [2.24, 2.45) is 0 Å². The molecule has 2 rings (SSSR count). The zero-order chi connectivity index (χ0) is 23.2. The average Bonchev–Trinajstić information content (AvgIpc) is 2.74. The number of nitrogens with zero attached hydrogens (tertiary/aromatic N) is 1. The number of halogens is 2. The van der Waals surface area contributed by atoms with Crippen molar-refractivity contribution in [3.8, 4) is 5.75 Å². The van der Waals surface area contributed by atoms with Crippen LogP contribution in [0.3, 0.4) is 0 Å². The number of sulfonamides is 1. The van der Waals surface area contributed by atoms with Gasteiger partial charge in [-0.2, -0.15) is 0 Å². The van der Waals surface area contributed by atoms with E-state index >= 15 is 0 Å². The number of nitrogens with one attached hydrogen (secondary N) is 1. The van der Waals surface area contributed by atoms with E-state index < -0.39 is 39.1 Å².